The summed E-state index contributed by atoms with van der Waals surface area (Å²) in [5.41, 5.74) is 0.921. The molecule has 0 spiro atoms. The highest BCUT2D eigenvalue weighted by molar-refractivity contribution is 7.99. The topological polar surface area (TPSA) is 26.8 Å². The molecule has 2 aromatic rings. The third-order valence-electron chi connectivity index (χ3n) is 4.60. The van der Waals surface area contributed by atoms with Gasteiger partial charge in [-0.2, -0.15) is 0 Å². The van der Waals surface area contributed by atoms with Crippen LogP contribution in [-0.2, 0) is 4.79 Å². The van der Waals surface area contributed by atoms with Gasteiger partial charge in [0.15, 0.2) is 0 Å². The number of piperazine rings is 1. The molecule has 1 saturated heterocycles. The van der Waals surface area contributed by atoms with Crippen LogP contribution in [0, 0.1) is 0 Å². The van der Waals surface area contributed by atoms with Gasteiger partial charge in [-0.05, 0) is 55.6 Å². The fourth-order valence-corrected chi connectivity index (χ4v) is 3.77. The molecule has 1 amide bonds. The molecule has 3 rings (SSSR count). The number of carbonyl (C=O) groups excluding carboxylic acids is 1. The van der Waals surface area contributed by atoms with E-state index in [-0.39, 0.29) is 5.91 Å². The van der Waals surface area contributed by atoms with E-state index in [2.05, 4.69) is 16.8 Å². The molecular formula is C20H24ClN3OS. The zero-order chi connectivity index (χ0) is 18.5. The standard InChI is InChI=1S/C20H24ClN3OS/c1-22-11-13-24(14-12-22)15-20(25)23(2)17-5-9-19(10-6-17)26-18-7-3-16(21)4-8-18/h3-10H,11-15H2,1-2H3. The normalized spacial score (nSPS) is 15.8. The van der Waals surface area contributed by atoms with Crippen LogP contribution in [0.1, 0.15) is 0 Å². The number of anilines is 1. The Labute approximate surface area is 164 Å². The minimum Gasteiger partial charge on any atom is -0.314 e. The Morgan fingerprint density at radius 2 is 1.54 bits per heavy atom. The molecule has 6 heteroatoms. The third kappa shape index (κ3) is 5.24. The molecule has 1 aliphatic heterocycles. The molecule has 138 valence electrons. The van der Waals surface area contributed by atoms with Crippen LogP contribution in [0.2, 0.25) is 5.02 Å². The van der Waals surface area contributed by atoms with Gasteiger partial charge in [0, 0.05) is 53.7 Å². The molecule has 1 heterocycles. The summed E-state index contributed by atoms with van der Waals surface area (Å²) in [6.45, 7) is 4.42. The second-order valence-electron chi connectivity index (χ2n) is 6.58. The molecule has 0 saturated carbocycles. The van der Waals surface area contributed by atoms with Gasteiger partial charge in [0.2, 0.25) is 5.91 Å². The number of rotatable bonds is 5. The summed E-state index contributed by atoms with van der Waals surface area (Å²) >= 11 is 7.60. The summed E-state index contributed by atoms with van der Waals surface area (Å²) in [6.07, 6.45) is 0. The summed E-state index contributed by atoms with van der Waals surface area (Å²) < 4.78 is 0. The van der Waals surface area contributed by atoms with E-state index >= 15 is 0 Å². The van der Waals surface area contributed by atoms with Crippen molar-refractivity contribution in [1.82, 2.24) is 9.80 Å². The number of carbonyl (C=O) groups is 1. The summed E-state index contributed by atoms with van der Waals surface area (Å²) in [5.74, 6) is 0.132. The Bertz CT molecular complexity index is 728. The average molecular weight is 390 g/mol. The monoisotopic (exact) mass is 389 g/mol. The van der Waals surface area contributed by atoms with Crippen molar-refractivity contribution in [2.24, 2.45) is 0 Å². The molecule has 1 aliphatic rings. The summed E-state index contributed by atoms with van der Waals surface area (Å²) in [5, 5.41) is 0.741. The lowest BCUT2D eigenvalue weighted by atomic mass is 10.2. The Morgan fingerprint density at radius 1 is 1.00 bits per heavy atom. The molecule has 0 atom stereocenters. The Hall–Kier alpha value is -1.53. The zero-order valence-electron chi connectivity index (χ0n) is 15.2. The van der Waals surface area contributed by atoms with Crippen molar-refractivity contribution in [3.05, 3.63) is 53.6 Å². The summed E-state index contributed by atoms with van der Waals surface area (Å²) in [6, 6.07) is 15.9. The van der Waals surface area contributed by atoms with Crippen LogP contribution < -0.4 is 4.90 Å². The molecule has 0 aromatic heterocycles. The van der Waals surface area contributed by atoms with Crippen LogP contribution in [0.5, 0.6) is 0 Å². The first-order chi connectivity index (χ1) is 12.5. The Kier molecular flexibility index (Phi) is 6.59. The first kappa shape index (κ1) is 19.2. The first-order valence-electron chi connectivity index (χ1n) is 8.72. The van der Waals surface area contributed by atoms with Gasteiger partial charge in [-0.3, -0.25) is 9.69 Å². The van der Waals surface area contributed by atoms with E-state index in [9.17, 15) is 4.79 Å². The maximum Gasteiger partial charge on any atom is 0.240 e. The number of hydrogen-bond acceptors (Lipinski definition) is 4. The minimum absolute atomic E-state index is 0.132. The van der Waals surface area contributed by atoms with Gasteiger partial charge in [-0.1, -0.05) is 23.4 Å². The van der Waals surface area contributed by atoms with Crippen LogP contribution >= 0.6 is 23.4 Å². The number of likely N-dealkylation sites (N-methyl/N-ethyl adjacent to an activating group) is 2. The Morgan fingerprint density at radius 3 is 2.12 bits per heavy atom. The molecule has 0 unspecified atom stereocenters. The van der Waals surface area contributed by atoms with Crippen molar-refractivity contribution in [3.63, 3.8) is 0 Å². The Balaban J connectivity index is 1.56. The fourth-order valence-electron chi connectivity index (χ4n) is 2.82. The van der Waals surface area contributed by atoms with Crippen LogP contribution in [0.4, 0.5) is 5.69 Å². The van der Waals surface area contributed by atoms with E-state index in [1.807, 2.05) is 55.6 Å². The molecular weight excluding hydrogens is 366 g/mol. The van der Waals surface area contributed by atoms with Gasteiger partial charge in [0.05, 0.1) is 6.54 Å². The highest BCUT2D eigenvalue weighted by Crippen LogP contribution is 2.29. The number of nitrogens with zero attached hydrogens (tertiary/aromatic N) is 3. The zero-order valence-corrected chi connectivity index (χ0v) is 16.8. The van der Waals surface area contributed by atoms with Crippen molar-refractivity contribution in [2.75, 3.05) is 51.7 Å². The van der Waals surface area contributed by atoms with Gasteiger partial charge in [0.25, 0.3) is 0 Å². The molecule has 26 heavy (non-hydrogen) atoms. The quantitative estimate of drug-likeness (QED) is 0.779. The van der Waals surface area contributed by atoms with E-state index in [0.29, 0.717) is 6.54 Å². The van der Waals surface area contributed by atoms with Crippen molar-refractivity contribution < 1.29 is 4.79 Å². The predicted octanol–water partition coefficient (Wildman–Crippen LogP) is 3.70. The highest BCUT2D eigenvalue weighted by Gasteiger charge is 2.19. The molecule has 0 aliphatic carbocycles. The van der Waals surface area contributed by atoms with Gasteiger partial charge < -0.3 is 9.80 Å². The van der Waals surface area contributed by atoms with Gasteiger partial charge in [-0.15, -0.1) is 0 Å². The lowest BCUT2D eigenvalue weighted by Gasteiger charge is -2.32. The van der Waals surface area contributed by atoms with Crippen LogP contribution in [0.3, 0.4) is 0 Å². The number of hydrogen-bond donors (Lipinski definition) is 0. The molecule has 0 radical (unpaired) electrons. The van der Waals surface area contributed by atoms with E-state index in [4.69, 9.17) is 11.6 Å². The van der Waals surface area contributed by atoms with E-state index < -0.39 is 0 Å². The molecule has 1 fully saturated rings. The second kappa shape index (κ2) is 8.91. The molecule has 2 aromatic carbocycles. The van der Waals surface area contributed by atoms with Crippen molar-refractivity contribution in [3.8, 4) is 0 Å². The first-order valence-corrected chi connectivity index (χ1v) is 9.91. The van der Waals surface area contributed by atoms with Crippen LogP contribution in [-0.4, -0.2) is 62.5 Å². The second-order valence-corrected chi connectivity index (χ2v) is 8.17. The van der Waals surface area contributed by atoms with Crippen molar-refractivity contribution in [2.45, 2.75) is 9.79 Å². The summed E-state index contributed by atoms with van der Waals surface area (Å²) in [4.78, 5) is 21.1. The third-order valence-corrected chi connectivity index (χ3v) is 5.87. The number of benzene rings is 2. The van der Waals surface area contributed by atoms with Crippen LogP contribution in [0.15, 0.2) is 58.3 Å². The fraction of sp³-hybridized carbons (Fsp3) is 0.350. The van der Waals surface area contributed by atoms with E-state index in [0.717, 1.165) is 46.7 Å². The van der Waals surface area contributed by atoms with Gasteiger partial charge in [-0.25, -0.2) is 0 Å². The molecule has 0 bridgehead atoms. The highest BCUT2D eigenvalue weighted by atomic mass is 35.5. The molecule has 0 N–H and O–H groups in total. The molecule has 4 nitrogen and oxygen atoms in total. The predicted molar refractivity (Wildman–Crippen MR) is 109 cm³/mol. The number of halogens is 1. The van der Waals surface area contributed by atoms with Crippen LogP contribution in [0.25, 0.3) is 0 Å². The lowest BCUT2D eigenvalue weighted by Crippen LogP contribution is -2.48. The van der Waals surface area contributed by atoms with Gasteiger partial charge >= 0.3 is 0 Å². The summed E-state index contributed by atoms with van der Waals surface area (Å²) in [7, 11) is 3.97. The maximum absolute atomic E-state index is 12.6. The minimum atomic E-state index is 0.132. The van der Waals surface area contributed by atoms with Crippen molar-refractivity contribution in [1.29, 1.82) is 0 Å². The van der Waals surface area contributed by atoms with Gasteiger partial charge in [0.1, 0.15) is 0 Å². The van der Waals surface area contributed by atoms with E-state index in [1.165, 1.54) is 0 Å². The number of amides is 1. The lowest BCUT2D eigenvalue weighted by molar-refractivity contribution is -0.119. The maximum atomic E-state index is 12.6. The smallest absolute Gasteiger partial charge is 0.240 e. The largest absolute Gasteiger partial charge is 0.314 e. The van der Waals surface area contributed by atoms with Crippen molar-refractivity contribution >= 4 is 35.0 Å². The average Bonchev–Trinajstić information content (AvgIpc) is 2.65. The SMILES string of the molecule is CN1CCN(CC(=O)N(C)c2ccc(Sc3ccc(Cl)cc3)cc2)CC1. The van der Waals surface area contributed by atoms with E-state index in [1.54, 1.807) is 16.7 Å².